The molecule has 0 aliphatic rings. The van der Waals surface area contributed by atoms with Crippen LogP contribution in [0.5, 0.6) is 17.2 Å². The first-order valence-corrected chi connectivity index (χ1v) is 10.7. The molecule has 0 fully saturated rings. The summed E-state index contributed by atoms with van der Waals surface area (Å²) in [5.74, 6) is 1.65. The molecule has 3 rings (SSSR count). The van der Waals surface area contributed by atoms with Crippen LogP contribution in [0.1, 0.15) is 5.56 Å². The third-order valence-corrected chi connectivity index (χ3v) is 5.78. The SMILES string of the molecule is C=CCN=c1scc(-c2ccccc2Br)n1N=Cc1ccc(OC)c(OC)c1OC. The number of ether oxygens (including phenoxy) is 3. The molecule has 0 aliphatic carbocycles. The van der Waals surface area contributed by atoms with Crippen molar-refractivity contribution < 1.29 is 14.2 Å². The van der Waals surface area contributed by atoms with Gasteiger partial charge in [0.1, 0.15) is 0 Å². The fourth-order valence-corrected chi connectivity index (χ4v) is 4.19. The van der Waals surface area contributed by atoms with E-state index in [9.17, 15) is 0 Å². The summed E-state index contributed by atoms with van der Waals surface area (Å²) < 4.78 is 19.2. The van der Waals surface area contributed by atoms with Gasteiger partial charge in [0.05, 0.1) is 39.8 Å². The molecule has 6 nitrogen and oxygen atoms in total. The van der Waals surface area contributed by atoms with E-state index < -0.39 is 0 Å². The van der Waals surface area contributed by atoms with Gasteiger partial charge in [0.25, 0.3) is 0 Å². The molecule has 0 bridgehead atoms. The van der Waals surface area contributed by atoms with Crippen LogP contribution in [0.15, 0.2) is 69.0 Å². The Balaban J connectivity index is 2.15. The minimum atomic E-state index is 0.505. The van der Waals surface area contributed by atoms with Crippen molar-refractivity contribution >= 4 is 33.5 Å². The Morgan fingerprint density at radius 1 is 1.07 bits per heavy atom. The monoisotopic (exact) mass is 487 g/mol. The van der Waals surface area contributed by atoms with Crippen LogP contribution in [0.25, 0.3) is 11.3 Å². The summed E-state index contributed by atoms with van der Waals surface area (Å²) in [4.78, 5) is 5.34. The number of aromatic nitrogens is 1. The van der Waals surface area contributed by atoms with E-state index in [1.165, 1.54) is 11.3 Å². The predicted octanol–water partition coefficient (Wildman–Crippen LogP) is 4.97. The zero-order valence-electron chi connectivity index (χ0n) is 17.0. The second-order valence-corrected chi connectivity index (χ2v) is 7.68. The number of halogens is 1. The maximum Gasteiger partial charge on any atom is 0.206 e. The molecule has 0 saturated heterocycles. The molecular weight excluding hydrogens is 466 g/mol. The van der Waals surface area contributed by atoms with Crippen molar-refractivity contribution in [1.29, 1.82) is 0 Å². The lowest BCUT2D eigenvalue weighted by Crippen LogP contribution is -2.12. The van der Waals surface area contributed by atoms with Crippen molar-refractivity contribution in [1.82, 2.24) is 4.68 Å². The highest BCUT2D eigenvalue weighted by Gasteiger charge is 2.15. The molecule has 0 radical (unpaired) electrons. The van der Waals surface area contributed by atoms with Crippen LogP contribution in [-0.4, -0.2) is 38.8 Å². The minimum absolute atomic E-state index is 0.505. The Labute approximate surface area is 187 Å². The smallest absolute Gasteiger partial charge is 0.206 e. The van der Waals surface area contributed by atoms with Gasteiger partial charge in [0, 0.05) is 21.0 Å². The summed E-state index contributed by atoms with van der Waals surface area (Å²) in [6.45, 7) is 4.25. The van der Waals surface area contributed by atoms with E-state index in [4.69, 9.17) is 19.3 Å². The van der Waals surface area contributed by atoms with E-state index in [0.29, 0.717) is 23.8 Å². The molecule has 1 aromatic heterocycles. The molecule has 0 unspecified atom stereocenters. The lowest BCUT2D eigenvalue weighted by Gasteiger charge is -2.13. The van der Waals surface area contributed by atoms with Crippen molar-refractivity contribution in [3.05, 3.63) is 69.3 Å². The van der Waals surface area contributed by atoms with Gasteiger partial charge in [-0.25, -0.2) is 4.68 Å². The number of hydrogen-bond donors (Lipinski definition) is 0. The molecule has 8 heteroatoms. The summed E-state index contributed by atoms with van der Waals surface area (Å²) in [6.07, 6.45) is 3.48. The second-order valence-electron chi connectivity index (χ2n) is 5.99. The van der Waals surface area contributed by atoms with Crippen molar-refractivity contribution in [2.45, 2.75) is 0 Å². The van der Waals surface area contributed by atoms with Crippen LogP contribution < -0.4 is 19.0 Å². The first kappa shape index (κ1) is 21.9. The largest absolute Gasteiger partial charge is 0.493 e. The Morgan fingerprint density at radius 3 is 2.50 bits per heavy atom. The predicted molar refractivity (Wildman–Crippen MR) is 125 cm³/mol. The molecule has 156 valence electrons. The molecule has 0 N–H and O–H groups in total. The van der Waals surface area contributed by atoms with Gasteiger partial charge >= 0.3 is 0 Å². The molecule has 0 saturated carbocycles. The number of nitrogens with zero attached hydrogens (tertiary/aromatic N) is 3. The highest BCUT2D eigenvalue weighted by molar-refractivity contribution is 9.10. The van der Waals surface area contributed by atoms with Gasteiger partial charge in [0.2, 0.25) is 10.6 Å². The van der Waals surface area contributed by atoms with E-state index in [1.54, 1.807) is 33.6 Å². The zero-order valence-corrected chi connectivity index (χ0v) is 19.4. The van der Waals surface area contributed by atoms with E-state index in [0.717, 1.165) is 26.1 Å². The van der Waals surface area contributed by atoms with Gasteiger partial charge in [-0.15, -0.1) is 17.9 Å². The Kier molecular flexibility index (Phi) is 7.48. The summed E-state index contributed by atoms with van der Waals surface area (Å²) in [6, 6.07) is 11.7. The van der Waals surface area contributed by atoms with E-state index in [2.05, 4.69) is 27.5 Å². The first-order valence-electron chi connectivity index (χ1n) is 9.04. The standard InChI is InChI=1S/C22H22BrN3O3S/c1-5-12-24-22-26(18(14-30-22)16-8-6-7-9-17(16)23)25-13-15-10-11-19(27-2)21(29-4)20(15)28-3/h5-11,13-14H,1,12H2,2-4H3. The molecular formula is C22H22BrN3O3S. The lowest BCUT2D eigenvalue weighted by molar-refractivity contribution is 0.324. The van der Waals surface area contributed by atoms with E-state index >= 15 is 0 Å². The third kappa shape index (κ3) is 4.49. The highest BCUT2D eigenvalue weighted by atomic mass is 79.9. The number of thiazole rings is 1. The summed E-state index contributed by atoms with van der Waals surface area (Å²) in [5.41, 5.74) is 2.69. The summed E-state index contributed by atoms with van der Waals surface area (Å²) >= 11 is 5.14. The van der Waals surface area contributed by atoms with Crippen molar-refractivity contribution in [3.8, 4) is 28.5 Å². The van der Waals surface area contributed by atoms with Gasteiger partial charge in [-0.3, -0.25) is 4.99 Å². The molecule has 3 aromatic rings. The Morgan fingerprint density at radius 2 is 1.83 bits per heavy atom. The van der Waals surface area contributed by atoms with Crippen molar-refractivity contribution in [3.63, 3.8) is 0 Å². The maximum absolute atomic E-state index is 5.56. The van der Waals surface area contributed by atoms with Crippen LogP contribution in [0.3, 0.4) is 0 Å². The highest BCUT2D eigenvalue weighted by Crippen LogP contribution is 2.39. The number of benzene rings is 2. The Hall–Kier alpha value is -2.84. The zero-order chi connectivity index (χ0) is 21.5. The summed E-state index contributed by atoms with van der Waals surface area (Å²) in [5, 5.41) is 6.76. The molecule has 0 atom stereocenters. The third-order valence-electron chi connectivity index (χ3n) is 4.24. The van der Waals surface area contributed by atoms with Crippen LogP contribution in [0, 0.1) is 0 Å². The molecule has 0 aliphatic heterocycles. The van der Waals surface area contributed by atoms with Gasteiger partial charge in [-0.1, -0.05) is 40.2 Å². The first-order chi connectivity index (χ1) is 14.6. The minimum Gasteiger partial charge on any atom is -0.493 e. The van der Waals surface area contributed by atoms with Crippen LogP contribution in [0.4, 0.5) is 0 Å². The second kappa shape index (κ2) is 10.3. The number of rotatable bonds is 8. The van der Waals surface area contributed by atoms with Gasteiger partial charge < -0.3 is 14.2 Å². The van der Waals surface area contributed by atoms with E-state index in [-0.39, 0.29) is 0 Å². The molecule has 30 heavy (non-hydrogen) atoms. The van der Waals surface area contributed by atoms with Crippen LogP contribution >= 0.6 is 27.3 Å². The molecule has 2 aromatic carbocycles. The van der Waals surface area contributed by atoms with E-state index in [1.807, 2.05) is 46.5 Å². The molecule has 0 spiro atoms. The van der Waals surface area contributed by atoms with Gasteiger partial charge in [-0.2, -0.15) is 5.10 Å². The van der Waals surface area contributed by atoms with Crippen LogP contribution in [-0.2, 0) is 0 Å². The fourth-order valence-electron chi connectivity index (χ4n) is 2.86. The topological polar surface area (TPSA) is 57.3 Å². The normalized spacial score (nSPS) is 11.7. The molecule has 0 amide bonds. The molecule has 1 heterocycles. The maximum atomic E-state index is 5.56. The quantitative estimate of drug-likeness (QED) is 0.332. The van der Waals surface area contributed by atoms with Crippen molar-refractivity contribution in [2.24, 2.45) is 10.1 Å². The number of methoxy groups -OCH3 is 3. The van der Waals surface area contributed by atoms with Gasteiger partial charge in [0.15, 0.2) is 11.5 Å². The fraction of sp³-hybridized carbons (Fsp3) is 0.182. The average Bonchev–Trinajstić information content (AvgIpc) is 3.17. The van der Waals surface area contributed by atoms with Gasteiger partial charge in [-0.05, 0) is 18.2 Å². The van der Waals surface area contributed by atoms with Crippen LogP contribution in [0.2, 0.25) is 0 Å². The lowest BCUT2D eigenvalue weighted by atomic mass is 10.2. The summed E-state index contributed by atoms with van der Waals surface area (Å²) in [7, 11) is 4.75. The van der Waals surface area contributed by atoms with Crippen molar-refractivity contribution in [2.75, 3.05) is 27.9 Å². The average molecular weight is 488 g/mol. The Bertz CT molecular complexity index is 1130. The number of hydrogen-bond acceptors (Lipinski definition) is 6.